The van der Waals surface area contributed by atoms with Crippen LogP contribution in [0.15, 0.2) is 30.3 Å². The zero-order valence-electron chi connectivity index (χ0n) is 14.5. The van der Waals surface area contributed by atoms with Gasteiger partial charge in [0, 0.05) is 23.5 Å². The molecule has 2 aliphatic rings. The van der Waals surface area contributed by atoms with Gasteiger partial charge in [-0.1, -0.05) is 50.3 Å². The van der Waals surface area contributed by atoms with Crippen LogP contribution in [0.4, 0.5) is 5.82 Å². The highest BCUT2D eigenvalue weighted by Gasteiger charge is 2.25. The van der Waals surface area contributed by atoms with E-state index in [0.29, 0.717) is 6.42 Å². The van der Waals surface area contributed by atoms with Crippen molar-refractivity contribution in [2.75, 3.05) is 5.32 Å². The van der Waals surface area contributed by atoms with Crippen molar-refractivity contribution in [3.05, 3.63) is 41.6 Å². The lowest BCUT2D eigenvalue weighted by atomic mass is 9.86. The number of benzene rings is 1. The number of amides is 1. The Morgan fingerprint density at radius 3 is 2.76 bits per heavy atom. The van der Waals surface area contributed by atoms with Crippen LogP contribution in [0.2, 0.25) is 0 Å². The molecular formula is C20H25N3OS. The molecule has 1 aromatic carbocycles. The molecule has 1 saturated carbocycles. The summed E-state index contributed by atoms with van der Waals surface area (Å²) in [5.74, 6) is 3.60. The SMILES string of the molecule is O=C(CCC1CCCCC1)Nc1c2c(nn1-c1ccccc1)CSC2. The van der Waals surface area contributed by atoms with Crippen molar-refractivity contribution in [2.24, 2.45) is 5.92 Å². The molecule has 1 amide bonds. The predicted molar refractivity (Wildman–Crippen MR) is 103 cm³/mol. The first-order valence-corrected chi connectivity index (χ1v) is 10.5. The number of nitrogens with one attached hydrogen (secondary N) is 1. The molecule has 4 nitrogen and oxygen atoms in total. The van der Waals surface area contributed by atoms with Crippen LogP contribution >= 0.6 is 11.8 Å². The fourth-order valence-corrected chi connectivity index (χ4v) is 4.94. The van der Waals surface area contributed by atoms with E-state index < -0.39 is 0 Å². The molecule has 0 bridgehead atoms. The van der Waals surface area contributed by atoms with Gasteiger partial charge in [-0.3, -0.25) is 4.79 Å². The molecular weight excluding hydrogens is 330 g/mol. The van der Waals surface area contributed by atoms with Gasteiger partial charge < -0.3 is 5.32 Å². The first-order chi connectivity index (χ1) is 12.3. The molecule has 4 rings (SSSR count). The summed E-state index contributed by atoms with van der Waals surface area (Å²) in [6.45, 7) is 0. The largest absolute Gasteiger partial charge is 0.310 e. The van der Waals surface area contributed by atoms with E-state index in [9.17, 15) is 4.79 Å². The number of fused-ring (bicyclic) bond motifs is 1. The molecule has 0 unspecified atom stereocenters. The van der Waals surface area contributed by atoms with Gasteiger partial charge in [0.15, 0.2) is 0 Å². The van der Waals surface area contributed by atoms with Gasteiger partial charge in [0.1, 0.15) is 5.82 Å². The summed E-state index contributed by atoms with van der Waals surface area (Å²) in [6.07, 6.45) is 8.25. The Morgan fingerprint density at radius 2 is 1.96 bits per heavy atom. The van der Waals surface area contributed by atoms with Gasteiger partial charge in [0.25, 0.3) is 0 Å². The lowest BCUT2D eigenvalue weighted by molar-refractivity contribution is -0.116. The van der Waals surface area contributed by atoms with Gasteiger partial charge in [-0.05, 0) is 24.5 Å². The third-order valence-electron chi connectivity index (χ3n) is 5.31. The topological polar surface area (TPSA) is 46.9 Å². The summed E-state index contributed by atoms with van der Waals surface area (Å²) >= 11 is 1.86. The zero-order chi connectivity index (χ0) is 17.1. The Balaban J connectivity index is 1.48. The number of aromatic nitrogens is 2. The number of nitrogens with zero attached hydrogens (tertiary/aromatic N) is 2. The molecule has 0 spiro atoms. The van der Waals surface area contributed by atoms with Crippen LogP contribution in [0.1, 0.15) is 56.2 Å². The van der Waals surface area contributed by atoms with Crippen molar-refractivity contribution in [3.63, 3.8) is 0 Å². The van der Waals surface area contributed by atoms with Gasteiger partial charge in [-0.15, -0.1) is 0 Å². The molecule has 1 aliphatic carbocycles. The first-order valence-electron chi connectivity index (χ1n) is 9.35. The molecule has 2 heterocycles. The normalized spacial score (nSPS) is 17.4. The fraction of sp³-hybridized carbons (Fsp3) is 0.500. The van der Waals surface area contributed by atoms with Crippen LogP contribution in [-0.2, 0) is 16.3 Å². The minimum absolute atomic E-state index is 0.127. The molecule has 2 aromatic rings. The minimum atomic E-state index is 0.127. The summed E-state index contributed by atoms with van der Waals surface area (Å²) in [7, 11) is 0. The second-order valence-electron chi connectivity index (χ2n) is 7.10. The van der Waals surface area contributed by atoms with E-state index in [4.69, 9.17) is 5.10 Å². The van der Waals surface area contributed by atoms with E-state index in [2.05, 4.69) is 5.32 Å². The maximum absolute atomic E-state index is 12.6. The van der Waals surface area contributed by atoms with Gasteiger partial charge in [-0.2, -0.15) is 16.9 Å². The lowest BCUT2D eigenvalue weighted by Crippen LogP contribution is -2.17. The molecule has 0 radical (unpaired) electrons. The van der Waals surface area contributed by atoms with Crippen molar-refractivity contribution in [3.8, 4) is 5.69 Å². The summed E-state index contributed by atoms with van der Waals surface area (Å²) in [4.78, 5) is 12.6. The molecule has 1 aliphatic heterocycles. The highest BCUT2D eigenvalue weighted by molar-refractivity contribution is 7.98. The molecule has 132 valence electrons. The average Bonchev–Trinajstić information content (AvgIpc) is 3.24. The van der Waals surface area contributed by atoms with Crippen LogP contribution in [0.3, 0.4) is 0 Å². The highest BCUT2D eigenvalue weighted by atomic mass is 32.2. The Kier molecular flexibility index (Phi) is 5.11. The van der Waals surface area contributed by atoms with Crippen molar-refractivity contribution in [2.45, 2.75) is 56.5 Å². The average molecular weight is 356 g/mol. The van der Waals surface area contributed by atoms with Gasteiger partial charge in [0.05, 0.1) is 11.4 Å². The standard InChI is InChI=1S/C20H25N3OS/c24-19(12-11-15-7-3-1-4-8-15)21-20-17-13-25-14-18(17)22-23(20)16-9-5-2-6-10-16/h2,5-6,9-10,15H,1,3-4,7-8,11-14H2,(H,21,24). The van der Waals surface area contributed by atoms with Crippen molar-refractivity contribution < 1.29 is 4.79 Å². The number of carbonyl (C=O) groups excluding carboxylic acids is 1. The molecule has 1 aromatic heterocycles. The van der Waals surface area contributed by atoms with Gasteiger partial charge >= 0.3 is 0 Å². The van der Waals surface area contributed by atoms with E-state index >= 15 is 0 Å². The number of rotatable bonds is 5. The van der Waals surface area contributed by atoms with Crippen molar-refractivity contribution in [1.29, 1.82) is 0 Å². The van der Waals surface area contributed by atoms with E-state index in [1.54, 1.807) is 0 Å². The lowest BCUT2D eigenvalue weighted by Gasteiger charge is -2.21. The maximum Gasteiger partial charge on any atom is 0.225 e. The number of carbonyl (C=O) groups is 1. The first kappa shape index (κ1) is 16.7. The van der Waals surface area contributed by atoms with Crippen LogP contribution in [-0.4, -0.2) is 15.7 Å². The van der Waals surface area contributed by atoms with E-state index in [1.165, 1.54) is 37.7 Å². The number of para-hydroxylation sites is 1. The number of anilines is 1. The third-order valence-corrected chi connectivity index (χ3v) is 6.29. The fourth-order valence-electron chi connectivity index (χ4n) is 3.90. The summed E-state index contributed by atoms with van der Waals surface area (Å²) in [6, 6.07) is 10.1. The highest BCUT2D eigenvalue weighted by Crippen LogP contribution is 2.36. The van der Waals surface area contributed by atoms with Crippen LogP contribution in [0, 0.1) is 5.92 Å². The van der Waals surface area contributed by atoms with Crippen LogP contribution in [0.5, 0.6) is 0 Å². The smallest absolute Gasteiger partial charge is 0.225 e. The third kappa shape index (κ3) is 3.76. The van der Waals surface area contributed by atoms with E-state index in [-0.39, 0.29) is 5.91 Å². The summed E-state index contributed by atoms with van der Waals surface area (Å²) in [5.41, 5.74) is 3.31. The molecule has 1 fully saturated rings. The molecule has 0 atom stereocenters. The zero-order valence-corrected chi connectivity index (χ0v) is 15.4. The summed E-state index contributed by atoms with van der Waals surface area (Å²) < 4.78 is 1.91. The Morgan fingerprint density at radius 1 is 1.16 bits per heavy atom. The van der Waals surface area contributed by atoms with Gasteiger partial charge in [-0.25, -0.2) is 4.68 Å². The predicted octanol–water partition coefficient (Wildman–Crippen LogP) is 4.92. The Hall–Kier alpha value is -1.75. The van der Waals surface area contributed by atoms with Crippen LogP contribution < -0.4 is 5.32 Å². The quantitative estimate of drug-likeness (QED) is 0.828. The Bertz CT molecular complexity index is 735. The van der Waals surface area contributed by atoms with Crippen LogP contribution in [0.25, 0.3) is 5.69 Å². The second kappa shape index (κ2) is 7.65. The molecule has 1 N–H and O–H groups in total. The van der Waals surface area contributed by atoms with E-state index in [1.807, 2.05) is 46.8 Å². The van der Waals surface area contributed by atoms with Crippen molar-refractivity contribution in [1.82, 2.24) is 9.78 Å². The molecule has 0 saturated heterocycles. The number of hydrogen-bond donors (Lipinski definition) is 1. The molecule has 5 heteroatoms. The number of thioether (sulfide) groups is 1. The maximum atomic E-state index is 12.6. The number of hydrogen-bond acceptors (Lipinski definition) is 3. The monoisotopic (exact) mass is 355 g/mol. The minimum Gasteiger partial charge on any atom is -0.310 e. The Labute approximate surface area is 153 Å². The second-order valence-corrected chi connectivity index (χ2v) is 8.09. The van der Waals surface area contributed by atoms with Gasteiger partial charge in [0.2, 0.25) is 5.91 Å². The molecule has 25 heavy (non-hydrogen) atoms. The van der Waals surface area contributed by atoms with Crippen molar-refractivity contribution >= 4 is 23.5 Å². The van der Waals surface area contributed by atoms with E-state index in [0.717, 1.165) is 41.0 Å². The summed E-state index contributed by atoms with van der Waals surface area (Å²) in [5, 5.41) is 7.92.